The number of halogens is 2. The lowest BCUT2D eigenvalue weighted by molar-refractivity contribution is -0.118. The zero-order chi connectivity index (χ0) is 19.7. The summed E-state index contributed by atoms with van der Waals surface area (Å²) in [5, 5.41) is 0.665. The van der Waals surface area contributed by atoms with E-state index in [9.17, 15) is 9.18 Å². The number of amides is 1. The number of para-hydroxylation sites is 1. The molecule has 1 heterocycles. The monoisotopic (exact) mass is 412 g/mol. The number of hydrogen-bond acceptors (Lipinski definition) is 3. The number of carbonyl (C=O) groups excluding carboxylic acids is 1. The van der Waals surface area contributed by atoms with Crippen LogP contribution < -0.4 is 9.80 Å². The van der Waals surface area contributed by atoms with Crippen molar-refractivity contribution in [1.29, 1.82) is 0 Å². The molecule has 3 aromatic rings. The van der Waals surface area contributed by atoms with E-state index in [0.29, 0.717) is 23.7 Å². The Hall–Kier alpha value is -2.50. The minimum absolute atomic E-state index is 0.0362. The highest BCUT2D eigenvalue weighted by molar-refractivity contribution is 7.99. The predicted octanol–water partition coefficient (Wildman–Crippen LogP) is 6.13. The maximum Gasteiger partial charge on any atom is 0.228 e. The summed E-state index contributed by atoms with van der Waals surface area (Å²) in [5.74, 6) is -0.355. The Labute approximate surface area is 172 Å². The normalized spacial score (nSPS) is 12.3. The molecule has 3 aromatic carbocycles. The van der Waals surface area contributed by atoms with Gasteiger partial charge in [-0.05, 0) is 54.6 Å². The highest BCUT2D eigenvalue weighted by Crippen LogP contribution is 2.48. The molecule has 0 saturated heterocycles. The van der Waals surface area contributed by atoms with E-state index in [1.54, 1.807) is 35.8 Å². The van der Waals surface area contributed by atoms with Crippen molar-refractivity contribution in [2.45, 2.75) is 16.2 Å². The van der Waals surface area contributed by atoms with Crippen LogP contribution in [0.2, 0.25) is 5.02 Å². The van der Waals surface area contributed by atoms with Gasteiger partial charge in [0.1, 0.15) is 5.82 Å². The van der Waals surface area contributed by atoms with Gasteiger partial charge < -0.3 is 9.80 Å². The Morgan fingerprint density at radius 3 is 2.54 bits per heavy atom. The van der Waals surface area contributed by atoms with E-state index in [0.717, 1.165) is 21.2 Å². The average molecular weight is 413 g/mol. The number of hydrogen-bond donors (Lipinski definition) is 0. The van der Waals surface area contributed by atoms with Gasteiger partial charge in [0.15, 0.2) is 0 Å². The SMILES string of the molecule is CN(C(=O)CCN1c2ccccc2Sc2ccc(Cl)cc21)c1ccc(F)cc1. The van der Waals surface area contributed by atoms with E-state index in [-0.39, 0.29) is 11.7 Å². The van der Waals surface area contributed by atoms with Gasteiger partial charge in [-0.25, -0.2) is 4.39 Å². The van der Waals surface area contributed by atoms with Crippen LogP contribution in [0.1, 0.15) is 6.42 Å². The van der Waals surface area contributed by atoms with Crippen LogP contribution in [0.15, 0.2) is 76.5 Å². The van der Waals surface area contributed by atoms with Crippen molar-refractivity contribution in [3.8, 4) is 0 Å². The van der Waals surface area contributed by atoms with Gasteiger partial charge in [-0.15, -0.1) is 0 Å². The molecular weight excluding hydrogens is 395 g/mol. The number of rotatable bonds is 4. The summed E-state index contributed by atoms with van der Waals surface area (Å²) >= 11 is 7.94. The number of fused-ring (bicyclic) bond motifs is 2. The molecule has 4 rings (SSSR count). The molecule has 0 spiro atoms. The summed E-state index contributed by atoms with van der Waals surface area (Å²) in [7, 11) is 1.71. The Kier molecular flexibility index (Phi) is 5.29. The topological polar surface area (TPSA) is 23.6 Å². The molecule has 1 amide bonds. The second-order valence-electron chi connectivity index (χ2n) is 6.51. The molecule has 0 saturated carbocycles. The van der Waals surface area contributed by atoms with Crippen LogP contribution in [-0.2, 0) is 4.79 Å². The Morgan fingerprint density at radius 1 is 1.04 bits per heavy atom. The fourth-order valence-corrected chi connectivity index (χ4v) is 4.47. The Balaban J connectivity index is 1.57. The van der Waals surface area contributed by atoms with Gasteiger partial charge in [0.05, 0.1) is 11.4 Å². The molecule has 0 aromatic heterocycles. The summed E-state index contributed by atoms with van der Waals surface area (Å²) in [6.07, 6.45) is 0.318. The van der Waals surface area contributed by atoms with Gasteiger partial charge >= 0.3 is 0 Å². The van der Waals surface area contributed by atoms with Crippen molar-refractivity contribution in [3.63, 3.8) is 0 Å². The number of anilines is 3. The summed E-state index contributed by atoms with van der Waals surface area (Å²) in [4.78, 5) is 18.7. The molecule has 0 radical (unpaired) electrons. The largest absolute Gasteiger partial charge is 0.339 e. The summed E-state index contributed by atoms with van der Waals surface area (Å²) in [5.41, 5.74) is 2.75. The fourth-order valence-electron chi connectivity index (χ4n) is 3.23. The molecule has 0 unspecified atom stereocenters. The van der Waals surface area contributed by atoms with Crippen LogP contribution in [0.5, 0.6) is 0 Å². The van der Waals surface area contributed by atoms with E-state index >= 15 is 0 Å². The fraction of sp³-hybridized carbons (Fsp3) is 0.136. The minimum Gasteiger partial charge on any atom is -0.339 e. The molecule has 6 heteroatoms. The maximum absolute atomic E-state index is 13.1. The first-order chi connectivity index (χ1) is 13.5. The van der Waals surface area contributed by atoms with E-state index in [2.05, 4.69) is 17.0 Å². The molecular formula is C22H18ClFN2OS. The van der Waals surface area contributed by atoms with Crippen LogP contribution in [0, 0.1) is 5.82 Å². The molecule has 0 fully saturated rings. The Morgan fingerprint density at radius 2 is 1.75 bits per heavy atom. The van der Waals surface area contributed by atoms with Crippen LogP contribution in [0.3, 0.4) is 0 Å². The standard InChI is InChI=1S/C22H18ClFN2OS/c1-25(17-9-7-16(24)8-10-17)22(27)12-13-26-18-4-2-3-5-20(18)28-21-11-6-15(23)14-19(21)26/h2-11,14H,12-13H2,1H3. The summed E-state index contributed by atoms with van der Waals surface area (Å²) < 4.78 is 13.1. The third-order valence-electron chi connectivity index (χ3n) is 4.73. The quantitative estimate of drug-likeness (QED) is 0.514. The molecule has 0 bridgehead atoms. The lowest BCUT2D eigenvalue weighted by Crippen LogP contribution is -2.31. The zero-order valence-corrected chi connectivity index (χ0v) is 16.8. The molecule has 0 aliphatic carbocycles. The number of nitrogens with zero attached hydrogens (tertiary/aromatic N) is 2. The zero-order valence-electron chi connectivity index (χ0n) is 15.2. The lowest BCUT2D eigenvalue weighted by Gasteiger charge is -2.33. The van der Waals surface area contributed by atoms with E-state index in [1.807, 2.05) is 30.3 Å². The minimum atomic E-state index is -0.319. The second kappa shape index (κ2) is 7.86. The third-order valence-corrected chi connectivity index (χ3v) is 6.09. The molecule has 28 heavy (non-hydrogen) atoms. The molecule has 142 valence electrons. The predicted molar refractivity (Wildman–Crippen MR) is 113 cm³/mol. The van der Waals surface area contributed by atoms with E-state index in [1.165, 1.54) is 12.1 Å². The first-order valence-electron chi connectivity index (χ1n) is 8.89. The number of carbonyl (C=O) groups is 1. The molecule has 1 aliphatic heterocycles. The van der Waals surface area contributed by atoms with Crippen LogP contribution in [-0.4, -0.2) is 19.5 Å². The van der Waals surface area contributed by atoms with Crippen molar-refractivity contribution < 1.29 is 9.18 Å². The maximum atomic E-state index is 13.1. The third kappa shape index (κ3) is 3.73. The van der Waals surface area contributed by atoms with E-state index < -0.39 is 0 Å². The van der Waals surface area contributed by atoms with Crippen LogP contribution in [0.25, 0.3) is 0 Å². The molecule has 0 atom stereocenters. The van der Waals surface area contributed by atoms with Crippen molar-refractivity contribution in [1.82, 2.24) is 0 Å². The van der Waals surface area contributed by atoms with Gasteiger partial charge in [0, 0.05) is 40.5 Å². The first kappa shape index (κ1) is 18.8. The smallest absolute Gasteiger partial charge is 0.228 e. The first-order valence-corrected chi connectivity index (χ1v) is 10.1. The highest BCUT2D eigenvalue weighted by Gasteiger charge is 2.24. The van der Waals surface area contributed by atoms with Gasteiger partial charge in [-0.2, -0.15) is 0 Å². The Bertz CT molecular complexity index is 1030. The van der Waals surface area contributed by atoms with E-state index in [4.69, 9.17) is 11.6 Å². The van der Waals surface area contributed by atoms with Gasteiger partial charge in [0.2, 0.25) is 5.91 Å². The van der Waals surface area contributed by atoms with Crippen molar-refractivity contribution in [2.24, 2.45) is 0 Å². The van der Waals surface area contributed by atoms with Crippen molar-refractivity contribution >= 4 is 46.3 Å². The molecule has 1 aliphatic rings. The second-order valence-corrected chi connectivity index (χ2v) is 8.03. The van der Waals surface area contributed by atoms with Crippen LogP contribution in [0.4, 0.5) is 21.5 Å². The summed E-state index contributed by atoms with van der Waals surface area (Å²) in [6.45, 7) is 0.523. The summed E-state index contributed by atoms with van der Waals surface area (Å²) in [6, 6.07) is 19.9. The highest BCUT2D eigenvalue weighted by atomic mass is 35.5. The van der Waals surface area contributed by atoms with Crippen molar-refractivity contribution in [3.05, 3.63) is 77.6 Å². The van der Waals surface area contributed by atoms with Crippen LogP contribution >= 0.6 is 23.4 Å². The van der Waals surface area contributed by atoms with Gasteiger partial charge in [-0.1, -0.05) is 35.5 Å². The molecule has 3 nitrogen and oxygen atoms in total. The molecule has 0 N–H and O–H groups in total. The number of benzene rings is 3. The van der Waals surface area contributed by atoms with Gasteiger partial charge in [-0.3, -0.25) is 4.79 Å². The van der Waals surface area contributed by atoms with Crippen molar-refractivity contribution in [2.75, 3.05) is 23.4 Å². The lowest BCUT2D eigenvalue weighted by atomic mass is 10.2. The average Bonchev–Trinajstić information content (AvgIpc) is 2.71. The van der Waals surface area contributed by atoms with Gasteiger partial charge in [0.25, 0.3) is 0 Å².